The minimum absolute atomic E-state index is 0.100. The smallest absolute Gasteiger partial charge is 0.338 e. The summed E-state index contributed by atoms with van der Waals surface area (Å²) in [7, 11) is 0. The highest BCUT2D eigenvalue weighted by molar-refractivity contribution is 5.89. The van der Waals surface area contributed by atoms with E-state index >= 15 is 0 Å². The Labute approximate surface area is 257 Å². The molecule has 1 aromatic rings. The highest BCUT2D eigenvalue weighted by Crippen LogP contribution is 2.75. The number of fused-ring (bicyclic) bond motifs is 7. The van der Waals surface area contributed by atoms with Gasteiger partial charge in [0.2, 0.25) is 0 Å². The van der Waals surface area contributed by atoms with E-state index in [9.17, 15) is 24.9 Å². The molecule has 0 bridgehead atoms. The summed E-state index contributed by atoms with van der Waals surface area (Å²) in [4.78, 5) is 26.1. The van der Waals surface area contributed by atoms with E-state index in [0.29, 0.717) is 18.4 Å². The molecule has 4 saturated carbocycles. The first-order valence-corrected chi connectivity index (χ1v) is 16.5. The molecule has 0 heterocycles. The summed E-state index contributed by atoms with van der Waals surface area (Å²) in [6.07, 6.45) is 8.79. The molecule has 0 saturated heterocycles. The van der Waals surface area contributed by atoms with Crippen molar-refractivity contribution in [1.29, 1.82) is 0 Å². The van der Waals surface area contributed by atoms with Crippen LogP contribution in [0.5, 0.6) is 5.75 Å². The molecular formula is C37H52O6. The third-order valence-corrected chi connectivity index (χ3v) is 14.2. The number of allylic oxidation sites excluding steroid dienone is 2. The van der Waals surface area contributed by atoms with Crippen molar-refractivity contribution < 1.29 is 29.6 Å². The van der Waals surface area contributed by atoms with Gasteiger partial charge >= 0.3 is 11.9 Å². The molecule has 0 amide bonds. The third-order valence-electron chi connectivity index (χ3n) is 14.2. The molecule has 0 spiro atoms. The second-order valence-corrected chi connectivity index (χ2v) is 17.1. The predicted molar refractivity (Wildman–Crippen MR) is 165 cm³/mol. The molecule has 6 heteroatoms. The summed E-state index contributed by atoms with van der Waals surface area (Å²) < 4.78 is 6.12. The van der Waals surface area contributed by atoms with Gasteiger partial charge in [-0.3, -0.25) is 4.79 Å². The SMILES string of the molecule is CC1(C)CC[C@]2(C(=O)O)CC=C3[C@]4(C)CC[C@H]5C(C)(C)C(OC(=O)c6ccc(O)cc6)CC(O)[C@]5(C)[C@H]4CC[C@@]3(C)[C@@H]2C1. The van der Waals surface area contributed by atoms with Crippen LogP contribution in [0.25, 0.3) is 0 Å². The number of aliphatic hydroxyl groups excluding tert-OH is 1. The number of rotatable bonds is 3. The third kappa shape index (κ3) is 4.20. The maximum atomic E-state index is 13.1. The molecule has 6 nitrogen and oxygen atoms in total. The Bertz CT molecular complexity index is 1340. The van der Waals surface area contributed by atoms with Gasteiger partial charge in [-0.05, 0) is 110 Å². The highest BCUT2D eigenvalue weighted by Gasteiger charge is 2.70. The Hall–Kier alpha value is -2.34. The summed E-state index contributed by atoms with van der Waals surface area (Å²) in [5, 5.41) is 32.3. The van der Waals surface area contributed by atoms with E-state index in [0.717, 1.165) is 44.9 Å². The maximum absolute atomic E-state index is 13.1. The van der Waals surface area contributed by atoms with Crippen LogP contribution in [0.15, 0.2) is 35.9 Å². The van der Waals surface area contributed by atoms with Crippen molar-refractivity contribution >= 4 is 11.9 Å². The van der Waals surface area contributed by atoms with Crippen LogP contribution >= 0.6 is 0 Å². The van der Waals surface area contributed by atoms with Gasteiger partial charge in [0, 0.05) is 17.3 Å². The fraction of sp³-hybridized carbons (Fsp3) is 0.730. The molecule has 0 aromatic heterocycles. The van der Waals surface area contributed by atoms with E-state index in [1.807, 2.05) is 0 Å². The predicted octanol–water partition coefficient (Wildman–Crippen LogP) is 7.77. The molecule has 0 radical (unpaired) electrons. The van der Waals surface area contributed by atoms with Gasteiger partial charge in [0.1, 0.15) is 11.9 Å². The Morgan fingerprint density at radius 2 is 1.44 bits per heavy atom. The number of carboxylic acids is 1. The average molecular weight is 593 g/mol. The molecular weight excluding hydrogens is 540 g/mol. The Morgan fingerprint density at radius 1 is 0.837 bits per heavy atom. The largest absolute Gasteiger partial charge is 0.508 e. The van der Waals surface area contributed by atoms with Gasteiger partial charge in [0.25, 0.3) is 0 Å². The summed E-state index contributed by atoms with van der Waals surface area (Å²) in [5.41, 5.74) is 0.333. The molecule has 2 unspecified atom stereocenters. The van der Waals surface area contributed by atoms with Gasteiger partial charge in [-0.15, -0.1) is 0 Å². The van der Waals surface area contributed by atoms with Crippen molar-refractivity contribution in [3.8, 4) is 5.75 Å². The molecule has 5 aliphatic carbocycles. The Balaban J connectivity index is 1.33. The highest BCUT2D eigenvalue weighted by atomic mass is 16.5. The normalized spacial score (nSPS) is 44.5. The van der Waals surface area contributed by atoms with Crippen molar-refractivity contribution in [3.05, 3.63) is 41.5 Å². The van der Waals surface area contributed by atoms with Crippen molar-refractivity contribution in [1.82, 2.24) is 0 Å². The lowest BCUT2D eigenvalue weighted by atomic mass is 9.34. The first kappa shape index (κ1) is 30.7. The zero-order valence-electron chi connectivity index (χ0n) is 27.2. The van der Waals surface area contributed by atoms with E-state index in [-0.39, 0.29) is 50.6 Å². The van der Waals surface area contributed by atoms with E-state index < -0.39 is 29.6 Å². The van der Waals surface area contributed by atoms with E-state index in [2.05, 4.69) is 54.5 Å². The Morgan fingerprint density at radius 3 is 2.07 bits per heavy atom. The first-order chi connectivity index (χ1) is 19.9. The lowest BCUT2D eigenvalue weighted by Crippen LogP contribution is -2.67. The van der Waals surface area contributed by atoms with Gasteiger partial charge in [0.05, 0.1) is 17.1 Å². The molecule has 9 atom stereocenters. The number of phenols is 1. The van der Waals surface area contributed by atoms with Crippen LogP contribution in [0.1, 0.15) is 117 Å². The fourth-order valence-electron chi connectivity index (χ4n) is 11.8. The number of carbonyl (C=O) groups excluding carboxylic acids is 1. The molecule has 43 heavy (non-hydrogen) atoms. The number of aromatic hydroxyl groups is 1. The number of phenolic OH excluding ortho intramolecular Hbond substituents is 1. The second-order valence-electron chi connectivity index (χ2n) is 17.1. The number of ether oxygens (including phenoxy) is 1. The topological polar surface area (TPSA) is 104 Å². The lowest BCUT2D eigenvalue weighted by molar-refractivity contribution is -0.230. The van der Waals surface area contributed by atoms with Crippen molar-refractivity contribution in [3.63, 3.8) is 0 Å². The van der Waals surface area contributed by atoms with Crippen LogP contribution in [-0.2, 0) is 9.53 Å². The minimum Gasteiger partial charge on any atom is -0.508 e. The minimum atomic E-state index is -0.682. The monoisotopic (exact) mass is 592 g/mol. The van der Waals surface area contributed by atoms with Gasteiger partial charge in [0.15, 0.2) is 0 Å². The molecule has 4 fully saturated rings. The molecule has 0 aliphatic heterocycles. The zero-order valence-corrected chi connectivity index (χ0v) is 27.2. The summed E-state index contributed by atoms with van der Waals surface area (Å²) in [5.74, 6) is -0.406. The van der Waals surface area contributed by atoms with Crippen LogP contribution in [0.3, 0.4) is 0 Å². The molecule has 3 N–H and O–H groups in total. The second kappa shape index (κ2) is 9.58. The number of hydrogen-bond acceptors (Lipinski definition) is 5. The summed E-state index contributed by atoms with van der Waals surface area (Å²) in [6, 6.07) is 6.12. The number of aliphatic hydroxyl groups is 1. The van der Waals surface area contributed by atoms with Gasteiger partial charge in [-0.1, -0.05) is 60.1 Å². The standard InChI is InChI=1S/C37H52O6/c1-32(2)18-19-37(31(41)42)17-14-25-34(5)15-12-24-33(3,4)29(43-30(40)22-8-10-23(38)11-9-22)20-28(39)36(24,7)26(34)13-16-35(25,6)27(37)21-32/h8-11,14,24,26-29,38-39H,12-13,15-21H2,1-7H3,(H,41,42)/t24-,26-,27-,28?,29?,34-,35+,36-,37+/m0/s1. The number of aliphatic carboxylic acids is 1. The summed E-state index contributed by atoms with van der Waals surface area (Å²) in [6.45, 7) is 16.1. The van der Waals surface area contributed by atoms with Crippen LogP contribution in [0, 0.1) is 50.2 Å². The maximum Gasteiger partial charge on any atom is 0.338 e. The Kier molecular flexibility index (Phi) is 6.83. The summed E-state index contributed by atoms with van der Waals surface area (Å²) >= 11 is 0. The number of benzene rings is 1. The molecule has 236 valence electrons. The van der Waals surface area contributed by atoms with Crippen molar-refractivity contribution in [2.75, 3.05) is 0 Å². The number of hydrogen-bond donors (Lipinski definition) is 3. The van der Waals surface area contributed by atoms with E-state index in [1.54, 1.807) is 12.1 Å². The average Bonchev–Trinajstić information content (AvgIpc) is 2.91. The van der Waals surface area contributed by atoms with Crippen molar-refractivity contribution in [2.24, 2.45) is 50.2 Å². The molecule has 1 aromatic carbocycles. The van der Waals surface area contributed by atoms with E-state index in [1.165, 1.54) is 17.7 Å². The van der Waals surface area contributed by atoms with Gasteiger partial charge in [-0.2, -0.15) is 0 Å². The fourth-order valence-corrected chi connectivity index (χ4v) is 11.8. The van der Waals surface area contributed by atoms with E-state index in [4.69, 9.17) is 4.74 Å². The van der Waals surface area contributed by atoms with Crippen molar-refractivity contribution in [2.45, 2.75) is 118 Å². The van der Waals surface area contributed by atoms with Crippen LogP contribution in [-0.4, -0.2) is 39.5 Å². The first-order valence-electron chi connectivity index (χ1n) is 16.5. The van der Waals surface area contributed by atoms with Gasteiger partial charge in [-0.25, -0.2) is 4.79 Å². The van der Waals surface area contributed by atoms with Crippen LogP contribution in [0.4, 0.5) is 0 Å². The van der Waals surface area contributed by atoms with Crippen LogP contribution in [0.2, 0.25) is 0 Å². The molecule has 6 rings (SSSR count). The quantitative estimate of drug-likeness (QED) is 0.245. The molecule has 5 aliphatic rings. The van der Waals surface area contributed by atoms with Gasteiger partial charge < -0.3 is 20.1 Å². The number of carboxylic acid groups (broad SMARTS) is 1. The zero-order chi connectivity index (χ0) is 31.4. The van der Waals surface area contributed by atoms with Crippen LogP contribution < -0.4 is 0 Å². The lowest BCUT2D eigenvalue weighted by Gasteiger charge is -2.70. The number of esters is 1. The number of carbonyl (C=O) groups is 2.